The van der Waals surface area contributed by atoms with E-state index in [9.17, 15) is 4.79 Å². The van der Waals surface area contributed by atoms with Crippen LogP contribution in [0.3, 0.4) is 0 Å². The number of rotatable bonds is 5. The number of hydrogen-bond acceptors (Lipinski definition) is 5. The second kappa shape index (κ2) is 9.11. The Morgan fingerprint density at radius 2 is 1.76 bits per heavy atom. The quantitative estimate of drug-likeness (QED) is 0.716. The first kappa shape index (κ1) is 20.1. The van der Waals surface area contributed by atoms with Gasteiger partial charge in [-0.15, -0.1) is 0 Å². The van der Waals surface area contributed by atoms with Gasteiger partial charge in [-0.25, -0.2) is 0 Å². The van der Waals surface area contributed by atoms with E-state index in [0.29, 0.717) is 65.8 Å². The Labute approximate surface area is 179 Å². The third-order valence-corrected chi connectivity index (χ3v) is 5.60. The van der Waals surface area contributed by atoms with Gasteiger partial charge in [0.15, 0.2) is 11.5 Å². The SMILES string of the molecule is O=C(c1cc(Cl)c2c(c1)OCCO2)N1CCN(CCOc2ccccc2Cl)CC1. The summed E-state index contributed by atoms with van der Waals surface area (Å²) in [5.74, 6) is 1.69. The largest absolute Gasteiger partial charge is 0.491 e. The molecule has 0 aromatic heterocycles. The average molecular weight is 437 g/mol. The zero-order valence-electron chi connectivity index (χ0n) is 15.9. The Morgan fingerprint density at radius 1 is 1.00 bits per heavy atom. The van der Waals surface area contributed by atoms with Crippen molar-refractivity contribution in [1.29, 1.82) is 0 Å². The number of carbonyl (C=O) groups is 1. The number of carbonyl (C=O) groups excluding carboxylic acids is 1. The van der Waals surface area contributed by atoms with Crippen molar-refractivity contribution in [3.63, 3.8) is 0 Å². The van der Waals surface area contributed by atoms with Crippen LogP contribution in [0.15, 0.2) is 36.4 Å². The summed E-state index contributed by atoms with van der Waals surface area (Å²) in [5, 5.41) is 1.02. The van der Waals surface area contributed by atoms with E-state index in [4.69, 9.17) is 37.4 Å². The molecule has 154 valence electrons. The molecule has 0 saturated carbocycles. The van der Waals surface area contributed by atoms with E-state index in [-0.39, 0.29) is 5.91 Å². The van der Waals surface area contributed by atoms with Crippen molar-refractivity contribution in [2.24, 2.45) is 0 Å². The Bertz CT molecular complexity index is 885. The summed E-state index contributed by atoms with van der Waals surface area (Å²) < 4.78 is 16.8. The van der Waals surface area contributed by atoms with Gasteiger partial charge in [-0.2, -0.15) is 0 Å². The normalized spacial score (nSPS) is 16.6. The van der Waals surface area contributed by atoms with Crippen LogP contribution in [0.2, 0.25) is 10.0 Å². The lowest BCUT2D eigenvalue weighted by Gasteiger charge is -2.34. The van der Waals surface area contributed by atoms with Crippen LogP contribution >= 0.6 is 23.2 Å². The van der Waals surface area contributed by atoms with Gasteiger partial charge in [0.25, 0.3) is 5.91 Å². The van der Waals surface area contributed by atoms with Crippen molar-refractivity contribution in [2.45, 2.75) is 0 Å². The molecule has 2 aliphatic heterocycles. The van der Waals surface area contributed by atoms with Gasteiger partial charge < -0.3 is 19.1 Å². The molecular formula is C21H22Cl2N2O4. The Morgan fingerprint density at radius 3 is 2.55 bits per heavy atom. The molecule has 1 fully saturated rings. The van der Waals surface area contributed by atoms with E-state index < -0.39 is 0 Å². The Balaban J connectivity index is 1.29. The molecule has 1 amide bonds. The van der Waals surface area contributed by atoms with Crippen LogP contribution in [0.25, 0.3) is 0 Å². The average Bonchev–Trinajstić information content (AvgIpc) is 2.75. The Kier molecular flexibility index (Phi) is 6.33. The van der Waals surface area contributed by atoms with E-state index >= 15 is 0 Å². The lowest BCUT2D eigenvalue weighted by Crippen LogP contribution is -2.49. The molecule has 0 spiro atoms. The van der Waals surface area contributed by atoms with E-state index in [2.05, 4.69) is 4.90 Å². The number of piperazine rings is 1. The van der Waals surface area contributed by atoms with Gasteiger partial charge in [-0.05, 0) is 24.3 Å². The summed E-state index contributed by atoms with van der Waals surface area (Å²) in [6, 6.07) is 10.8. The molecule has 2 heterocycles. The topological polar surface area (TPSA) is 51.2 Å². The standard InChI is InChI=1S/C21H22Cl2N2O4/c22-16-3-1-2-4-18(16)27-10-9-24-5-7-25(8-6-24)21(26)15-13-17(23)20-19(14-15)28-11-12-29-20/h1-4,13-14H,5-12H2. The van der Waals surface area contributed by atoms with Crippen LogP contribution in [0.1, 0.15) is 10.4 Å². The summed E-state index contributed by atoms with van der Waals surface area (Å²) in [7, 11) is 0. The maximum atomic E-state index is 12.9. The van der Waals surface area contributed by atoms with Crippen molar-refractivity contribution in [1.82, 2.24) is 9.80 Å². The highest BCUT2D eigenvalue weighted by molar-refractivity contribution is 6.32. The molecule has 1 saturated heterocycles. The predicted molar refractivity (Wildman–Crippen MR) is 112 cm³/mol. The number of benzene rings is 2. The van der Waals surface area contributed by atoms with Crippen molar-refractivity contribution >= 4 is 29.1 Å². The number of para-hydroxylation sites is 1. The maximum absolute atomic E-state index is 12.9. The van der Waals surface area contributed by atoms with Gasteiger partial charge >= 0.3 is 0 Å². The Hall–Kier alpha value is -2.15. The van der Waals surface area contributed by atoms with Gasteiger partial charge in [0.05, 0.1) is 10.0 Å². The molecule has 0 bridgehead atoms. The molecular weight excluding hydrogens is 415 g/mol. The molecule has 0 unspecified atom stereocenters. The van der Waals surface area contributed by atoms with Crippen molar-refractivity contribution in [3.05, 3.63) is 52.0 Å². The fourth-order valence-corrected chi connectivity index (χ4v) is 3.89. The number of amides is 1. The van der Waals surface area contributed by atoms with Crippen molar-refractivity contribution in [3.8, 4) is 17.2 Å². The number of nitrogens with zero attached hydrogens (tertiary/aromatic N) is 2. The van der Waals surface area contributed by atoms with Gasteiger partial charge in [0.2, 0.25) is 0 Å². The molecule has 4 rings (SSSR count). The summed E-state index contributed by atoms with van der Waals surface area (Å²) in [5.41, 5.74) is 0.523. The summed E-state index contributed by atoms with van der Waals surface area (Å²) in [6.45, 7) is 5.12. The summed E-state index contributed by atoms with van der Waals surface area (Å²) in [4.78, 5) is 17.0. The van der Waals surface area contributed by atoms with E-state index in [1.807, 2.05) is 29.2 Å². The molecule has 29 heavy (non-hydrogen) atoms. The van der Waals surface area contributed by atoms with Crippen LogP contribution in [0.4, 0.5) is 0 Å². The molecule has 0 atom stereocenters. The highest BCUT2D eigenvalue weighted by Gasteiger charge is 2.25. The zero-order chi connectivity index (χ0) is 20.2. The zero-order valence-corrected chi connectivity index (χ0v) is 17.4. The molecule has 0 aliphatic carbocycles. The molecule has 2 aromatic rings. The van der Waals surface area contributed by atoms with Crippen molar-refractivity contribution in [2.75, 3.05) is 52.5 Å². The van der Waals surface area contributed by atoms with E-state index in [1.165, 1.54) is 0 Å². The molecule has 0 radical (unpaired) electrons. The second-order valence-corrected chi connectivity index (χ2v) is 7.71. The first-order valence-electron chi connectivity index (χ1n) is 9.60. The number of ether oxygens (including phenoxy) is 3. The summed E-state index contributed by atoms with van der Waals surface area (Å²) >= 11 is 12.4. The predicted octanol–water partition coefficient (Wildman–Crippen LogP) is 3.60. The highest BCUT2D eigenvalue weighted by Crippen LogP contribution is 2.38. The maximum Gasteiger partial charge on any atom is 0.254 e. The van der Waals surface area contributed by atoms with Gasteiger partial charge in [-0.1, -0.05) is 35.3 Å². The molecule has 2 aliphatic rings. The van der Waals surface area contributed by atoms with E-state index in [1.54, 1.807) is 12.1 Å². The lowest BCUT2D eigenvalue weighted by atomic mass is 10.1. The monoisotopic (exact) mass is 436 g/mol. The highest BCUT2D eigenvalue weighted by atomic mass is 35.5. The third kappa shape index (κ3) is 4.71. The van der Waals surface area contributed by atoms with Gasteiger partial charge in [0, 0.05) is 38.3 Å². The van der Waals surface area contributed by atoms with Crippen LogP contribution in [-0.2, 0) is 0 Å². The third-order valence-electron chi connectivity index (χ3n) is 5.01. The first-order chi connectivity index (χ1) is 14.1. The smallest absolute Gasteiger partial charge is 0.254 e. The van der Waals surface area contributed by atoms with Crippen LogP contribution in [-0.4, -0.2) is 68.3 Å². The van der Waals surface area contributed by atoms with Crippen LogP contribution < -0.4 is 14.2 Å². The van der Waals surface area contributed by atoms with Crippen LogP contribution in [0, 0.1) is 0 Å². The fourth-order valence-electron chi connectivity index (χ4n) is 3.44. The first-order valence-corrected chi connectivity index (χ1v) is 10.4. The second-order valence-electron chi connectivity index (χ2n) is 6.89. The minimum Gasteiger partial charge on any atom is -0.491 e. The minimum absolute atomic E-state index is 0.0455. The number of fused-ring (bicyclic) bond motifs is 1. The lowest BCUT2D eigenvalue weighted by molar-refractivity contribution is 0.0619. The molecule has 6 nitrogen and oxygen atoms in total. The van der Waals surface area contributed by atoms with Crippen LogP contribution in [0.5, 0.6) is 17.2 Å². The summed E-state index contributed by atoms with van der Waals surface area (Å²) in [6.07, 6.45) is 0. The molecule has 2 aromatic carbocycles. The van der Waals surface area contributed by atoms with Gasteiger partial charge in [-0.3, -0.25) is 9.69 Å². The van der Waals surface area contributed by atoms with Crippen molar-refractivity contribution < 1.29 is 19.0 Å². The minimum atomic E-state index is -0.0455. The fraction of sp³-hybridized carbons (Fsp3) is 0.381. The molecule has 0 N–H and O–H groups in total. The van der Waals surface area contributed by atoms with E-state index in [0.717, 1.165) is 19.6 Å². The van der Waals surface area contributed by atoms with Gasteiger partial charge in [0.1, 0.15) is 25.6 Å². The number of hydrogen-bond donors (Lipinski definition) is 0. The molecule has 8 heteroatoms. The number of halogens is 2.